The van der Waals surface area contributed by atoms with Gasteiger partial charge in [0.05, 0.1) is 12.5 Å². The predicted molar refractivity (Wildman–Crippen MR) is 84.3 cm³/mol. The zero-order valence-corrected chi connectivity index (χ0v) is 13.3. The lowest BCUT2D eigenvalue weighted by Gasteiger charge is -2.23. The zero-order valence-electron chi connectivity index (χ0n) is 13.3. The van der Waals surface area contributed by atoms with Gasteiger partial charge in [-0.25, -0.2) is 4.39 Å². The minimum Gasteiger partial charge on any atom is -0.361 e. The van der Waals surface area contributed by atoms with Gasteiger partial charge in [0, 0.05) is 19.0 Å². The molecular formula is C18H21FN2O2. The second kappa shape index (κ2) is 6.94. The van der Waals surface area contributed by atoms with Crippen molar-refractivity contribution in [2.75, 3.05) is 6.54 Å². The van der Waals surface area contributed by atoms with E-state index in [0.717, 1.165) is 43.7 Å². The summed E-state index contributed by atoms with van der Waals surface area (Å²) in [6.45, 7) is 2.81. The van der Waals surface area contributed by atoms with Crippen molar-refractivity contribution in [1.82, 2.24) is 10.1 Å². The fourth-order valence-corrected chi connectivity index (χ4v) is 3.15. The highest BCUT2D eigenvalue weighted by Crippen LogP contribution is 2.32. The van der Waals surface area contributed by atoms with Gasteiger partial charge in [0.15, 0.2) is 0 Å². The molecular weight excluding hydrogens is 295 g/mol. The van der Waals surface area contributed by atoms with E-state index in [9.17, 15) is 9.18 Å². The van der Waals surface area contributed by atoms with E-state index in [1.165, 1.54) is 12.1 Å². The Bertz CT molecular complexity index is 683. The average Bonchev–Trinajstić information content (AvgIpc) is 3.16. The van der Waals surface area contributed by atoms with Gasteiger partial charge in [0.1, 0.15) is 17.3 Å². The molecule has 4 nitrogen and oxygen atoms in total. The molecule has 1 saturated heterocycles. The fourth-order valence-electron chi connectivity index (χ4n) is 3.15. The summed E-state index contributed by atoms with van der Waals surface area (Å²) in [5.74, 6) is 0.569. The smallest absolute Gasteiger partial charge is 0.227 e. The van der Waals surface area contributed by atoms with E-state index in [-0.39, 0.29) is 24.2 Å². The highest BCUT2D eigenvalue weighted by atomic mass is 19.1. The number of nitrogens with zero attached hydrogens (tertiary/aromatic N) is 2. The van der Waals surface area contributed by atoms with Crippen LogP contribution < -0.4 is 0 Å². The molecule has 2 heterocycles. The Labute approximate surface area is 135 Å². The van der Waals surface area contributed by atoms with Crippen molar-refractivity contribution >= 4 is 5.91 Å². The van der Waals surface area contributed by atoms with Gasteiger partial charge >= 0.3 is 0 Å². The molecule has 5 heteroatoms. The van der Waals surface area contributed by atoms with Gasteiger partial charge < -0.3 is 9.42 Å². The third kappa shape index (κ3) is 3.60. The van der Waals surface area contributed by atoms with Crippen LogP contribution in [0, 0.1) is 5.82 Å². The third-order valence-corrected chi connectivity index (χ3v) is 4.23. The van der Waals surface area contributed by atoms with Crippen molar-refractivity contribution in [3.63, 3.8) is 0 Å². The van der Waals surface area contributed by atoms with Gasteiger partial charge in [-0.3, -0.25) is 4.79 Å². The summed E-state index contributed by atoms with van der Waals surface area (Å²) in [7, 11) is 0. The van der Waals surface area contributed by atoms with Gasteiger partial charge in [-0.2, -0.15) is 0 Å². The minimum absolute atomic E-state index is 0.0122. The number of benzene rings is 1. The standard InChI is InChI=1S/C18H21FN2O2/c1-2-5-15-12-16(20-23-15)17-8-4-9-21(17)18(22)11-13-6-3-7-14(19)10-13/h3,6-7,10,12,17H,2,4-5,8-9,11H2,1H3/t17-/m1/s1. The minimum atomic E-state index is -0.311. The lowest BCUT2D eigenvalue weighted by Crippen LogP contribution is -2.32. The number of halogens is 1. The first kappa shape index (κ1) is 15.7. The molecule has 0 saturated carbocycles. The normalized spacial score (nSPS) is 17.7. The summed E-state index contributed by atoms with van der Waals surface area (Å²) in [5, 5.41) is 4.14. The Morgan fingerprint density at radius 2 is 2.30 bits per heavy atom. The number of hydrogen-bond acceptors (Lipinski definition) is 3. The second-order valence-corrected chi connectivity index (χ2v) is 6.02. The second-order valence-electron chi connectivity index (χ2n) is 6.02. The fraction of sp³-hybridized carbons (Fsp3) is 0.444. The van der Waals surface area contributed by atoms with Crippen LogP contribution in [0.4, 0.5) is 4.39 Å². The topological polar surface area (TPSA) is 46.3 Å². The molecule has 1 aromatic heterocycles. The Kier molecular flexibility index (Phi) is 4.74. The van der Waals surface area contributed by atoms with E-state index < -0.39 is 0 Å². The first-order valence-electron chi connectivity index (χ1n) is 8.16. The highest BCUT2D eigenvalue weighted by Gasteiger charge is 2.32. The predicted octanol–water partition coefficient (Wildman–Crippen LogP) is 3.67. The van der Waals surface area contributed by atoms with Crippen LogP contribution in [0.15, 0.2) is 34.9 Å². The highest BCUT2D eigenvalue weighted by molar-refractivity contribution is 5.79. The number of carbonyl (C=O) groups is 1. The van der Waals surface area contributed by atoms with E-state index in [0.29, 0.717) is 5.56 Å². The molecule has 0 radical (unpaired) electrons. The van der Waals surface area contributed by atoms with Gasteiger partial charge in [0.2, 0.25) is 5.91 Å². The largest absolute Gasteiger partial charge is 0.361 e. The van der Waals surface area contributed by atoms with Crippen LogP contribution in [0.3, 0.4) is 0 Å². The number of aromatic nitrogens is 1. The molecule has 1 fully saturated rings. The quantitative estimate of drug-likeness (QED) is 0.845. The summed E-state index contributed by atoms with van der Waals surface area (Å²) in [6.07, 6.45) is 3.93. The number of amides is 1. The summed E-state index contributed by atoms with van der Waals surface area (Å²) >= 11 is 0. The maximum Gasteiger partial charge on any atom is 0.227 e. The van der Waals surface area contributed by atoms with Crippen LogP contribution in [0.1, 0.15) is 49.2 Å². The summed E-state index contributed by atoms with van der Waals surface area (Å²) in [4.78, 5) is 14.4. The first-order valence-corrected chi connectivity index (χ1v) is 8.16. The Morgan fingerprint density at radius 1 is 1.43 bits per heavy atom. The van der Waals surface area contributed by atoms with Crippen LogP contribution in [0.25, 0.3) is 0 Å². The van der Waals surface area contributed by atoms with Gasteiger partial charge in [-0.05, 0) is 37.0 Å². The monoisotopic (exact) mass is 316 g/mol. The Morgan fingerprint density at radius 3 is 3.09 bits per heavy atom. The van der Waals surface area contributed by atoms with Crippen molar-refractivity contribution in [3.8, 4) is 0 Å². The van der Waals surface area contributed by atoms with Crippen LogP contribution in [-0.4, -0.2) is 22.5 Å². The Hall–Kier alpha value is -2.17. The number of likely N-dealkylation sites (tertiary alicyclic amines) is 1. The molecule has 1 amide bonds. The van der Waals surface area contributed by atoms with Crippen molar-refractivity contribution in [2.24, 2.45) is 0 Å². The molecule has 0 spiro atoms. The molecule has 1 aromatic carbocycles. The molecule has 0 aliphatic carbocycles. The van der Waals surface area contributed by atoms with E-state index in [1.54, 1.807) is 12.1 Å². The molecule has 0 bridgehead atoms. The molecule has 1 atom stereocenters. The summed E-state index contributed by atoms with van der Waals surface area (Å²) in [5.41, 5.74) is 1.53. The van der Waals surface area contributed by atoms with E-state index in [2.05, 4.69) is 12.1 Å². The molecule has 1 aliphatic rings. The number of hydrogen-bond donors (Lipinski definition) is 0. The summed E-state index contributed by atoms with van der Waals surface area (Å²) in [6, 6.07) is 8.15. The van der Waals surface area contributed by atoms with Crippen LogP contribution in [0.2, 0.25) is 0 Å². The van der Waals surface area contributed by atoms with Crippen molar-refractivity contribution < 1.29 is 13.7 Å². The lowest BCUT2D eigenvalue weighted by molar-refractivity contribution is -0.131. The van der Waals surface area contributed by atoms with Gasteiger partial charge in [0.25, 0.3) is 0 Å². The molecule has 1 aliphatic heterocycles. The van der Waals surface area contributed by atoms with Crippen molar-refractivity contribution in [2.45, 2.75) is 45.1 Å². The van der Waals surface area contributed by atoms with Crippen LogP contribution in [0.5, 0.6) is 0 Å². The van der Waals surface area contributed by atoms with E-state index in [1.807, 2.05) is 11.0 Å². The summed E-state index contributed by atoms with van der Waals surface area (Å²) < 4.78 is 18.6. The SMILES string of the molecule is CCCc1cc([C@H]2CCCN2C(=O)Cc2cccc(F)c2)no1. The molecule has 0 unspecified atom stereocenters. The number of carbonyl (C=O) groups excluding carboxylic acids is 1. The molecule has 0 N–H and O–H groups in total. The van der Waals surface area contributed by atoms with Gasteiger partial charge in [-0.1, -0.05) is 24.2 Å². The van der Waals surface area contributed by atoms with E-state index in [4.69, 9.17) is 4.52 Å². The van der Waals surface area contributed by atoms with Crippen molar-refractivity contribution in [3.05, 3.63) is 53.2 Å². The average molecular weight is 316 g/mol. The van der Waals surface area contributed by atoms with E-state index >= 15 is 0 Å². The zero-order chi connectivity index (χ0) is 16.2. The maximum absolute atomic E-state index is 13.3. The molecule has 23 heavy (non-hydrogen) atoms. The maximum atomic E-state index is 13.3. The van der Waals surface area contributed by atoms with Crippen LogP contribution >= 0.6 is 0 Å². The molecule has 122 valence electrons. The number of aryl methyl sites for hydroxylation is 1. The number of rotatable bonds is 5. The molecule has 2 aromatic rings. The third-order valence-electron chi connectivity index (χ3n) is 4.23. The Balaban J connectivity index is 1.71. The lowest BCUT2D eigenvalue weighted by atomic mass is 10.1. The molecule has 3 rings (SSSR count). The van der Waals surface area contributed by atoms with Crippen LogP contribution in [-0.2, 0) is 17.6 Å². The first-order chi connectivity index (χ1) is 11.2. The van der Waals surface area contributed by atoms with Crippen molar-refractivity contribution in [1.29, 1.82) is 0 Å². The van der Waals surface area contributed by atoms with Gasteiger partial charge in [-0.15, -0.1) is 0 Å².